The van der Waals surface area contributed by atoms with Gasteiger partial charge in [-0.05, 0) is 23.8 Å². The molecule has 0 unspecified atom stereocenters. The Bertz CT molecular complexity index is 758. The molecule has 4 nitrogen and oxygen atoms in total. The van der Waals surface area contributed by atoms with Gasteiger partial charge in [0.2, 0.25) is 0 Å². The molecular formula is C16H14N2O2S2. The van der Waals surface area contributed by atoms with Crippen molar-refractivity contribution in [1.29, 1.82) is 0 Å². The van der Waals surface area contributed by atoms with E-state index in [1.807, 2.05) is 43.3 Å². The molecular weight excluding hydrogens is 316 g/mol. The Morgan fingerprint density at radius 1 is 1.36 bits per heavy atom. The van der Waals surface area contributed by atoms with Crippen molar-refractivity contribution in [3.8, 4) is 5.75 Å². The molecule has 0 aliphatic carbocycles. The Morgan fingerprint density at radius 2 is 2.18 bits per heavy atom. The van der Waals surface area contributed by atoms with Crippen LogP contribution in [0.25, 0.3) is 10.8 Å². The number of thiocarbonyl (C=S) groups is 1. The number of fused-ring (bicyclic) bond motifs is 1. The molecule has 112 valence electrons. The van der Waals surface area contributed by atoms with E-state index in [1.165, 1.54) is 16.8 Å². The van der Waals surface area contributed by atoms with Crippen LogP contribution < -0.4 is 4.74 Å². The van der Waals surface area contributed by atoms with Gasteiger partial charge in [-0.15, -0.1) is 0 Å². The lowest BCUT2D eigenvalue weighted by atomic mass is 10.0. The van der Waals surface area contributed by atoms with Crippen molar-refractivity contribution in [1.82, 2.24) is 5.01 Å². The van der Waals surface area contributed by atoms with Gasteiger partial charge in [0.15, 0.2) is 4.32 Å². The average molecular weight is 330 g/mol. The van der Waals surface area contributed by atoms with Crippen molar-refractivity contribution >= 4 is 51.2 Å². The maximum absolute atomic E-state index is 11.8. The van der Waals surface area contributed by atoms with Crippen molar-refractivity contribution in [2.24, 2.45) is 5.10 Å². The topological polar surface area (TPSA) is 41.9 Å². The largest absolute Gasteiger partial charge is 0.493 e. The van der Waals surface area contributed by atoms with Crippen LogP contribution in [0.3, 0.4) is 0 Å². The van der Waals surface area contributed by atoms with Gasteiger partial charge in [-0.3, -0.25) is 4.79 Å². The normalized spacial score (nSPS) is 15.2. The van der Waals surface area contributed by atoms with Crippen LogP contribution in [0.15, 0.2) is 41.5 Å². The zero-order chi connectivity index (χ0) is 15.5. The van der Waals surface area contributed by atoms with Gasteiger partial charge in [0.1, 0.15) is 5.75 Å². The molecule has 3 rings (SSSR count). The minimum absolute atomic E-state index is 0.0931. The Kier molecular flexibility index (Phi) is 4.40. The first-order chi connectivity index (χ1) is 10.7. The van der Waals surface area contributed by atoms with Gasteiger partial charge in [0, 0.05) is 5.56 Å². The molecule has 0 atom stereocenters. The van der Waals surface area contributed by atoms with Gasteiger partial charge >= 0.3 is 0 Å². The molecule has 1 fully saturated rings. The summed E-state index contributed by atoms with van der Waals surface area (Å²) in [5, 5.41) is 7.67. The molecule has 1 saturated heterocycles. The van der Waals surface area contributed by atoms with E-state index < -0.39 is 0 Å². The zero-order valence-electron chi connectivity index (χ0n) is 12.0. The predicted molar refractivity (Wildman–Crippen MR) is 94.6 cm³/mol. The minimum atomic E-state index is -0.0931. The zero-order valence-corrected chi connectivity index (χ0v) is 13.6. The summed E-state index contributed by atoms with van der Waals surface area (Å²) in [5.41, 5.74) is 0.854. The number of hydrazone groups is 1. The lowest BCUT2D eigenvalue weighted by Gasteiger charge is -2.11. The molecule has 1 amide bonds. The van der Waals surface area contributed by atoms with Crippen LogP contribution >= 0.6 is 24.0 Å². The Balaban J connectivity index is 2.05. The third-order valence-electron chi connectivity index (χ3n) is 3.26. The van der Waals surface area contributed by atoms with Crippen LogP contribution in [-0.2, 0) is 4.79 Å². The van der Waals surface area contributed by atoms with Crippen LogP contribution in [0.2, 0.25) is 0 Å². The van der Waals surface area contributed by atoms with E-state index in [1.54, 1.807) is 6.21 Å². The van der Waals surface area contributed by atoms with Crippen molar-refractivity contribution in [3.05, 3.63) is 42.0 Å². The number of ether oxygens (including phenoxy) is 1. The van der Waals surface area contributed by atoms with Gasteiger partial charge < -0.3 is 4.74 Å². The number of amides is 1. The number of hydrogen-bond donors (Lipinski definition) is 0. The Morgan fingerprint density at radius 3 is 2.91 bits per heavy atom. The number of hydrogen-bond acceptors (Lipinski definition) is 5. The third-order valence-corrected chi connectivity index (χ3v) is 4.60. The van der Waals surface area contributed by atoms with Gasteiger partial charge in [-0.2, -0.15) is 10.1 Å². The van der Waals surface area contributed by atoms with Crippen LogP contribution in [-0.4, -0.2) is 33.8 Å². The first kappa shape index (κ1) is 15.0. The van der Waals surface area contributed by atoms with Crippen molar-refractivity contribution in [2.45, 2.75) is 6.92 Å². The van der Waals surface area contributed by atoms with E-state index in [2.05, 4.69) is 5.10 Å². The SMILES string of the molecule is CCOc1ccc2ccccc2c1/C=N/N1C(=O)CSC1=S. The summed E-state index contributed by atoms with van der Waals surface area (Å²) in [5.74, 6) is 1.00. The molecule has 0 radical (unpaired) electrons. The lowest BCUT2D eigenvalue weighted by Crippen LogP contribution is -2.22. The number of rotatable bonds is 4. The molecule has 2 aromatic carbocycles. The maximum Gasteiger partial charge on any atom is 0.259 e. The quantitative estimate of drug-likeness (QED) is 0.636. The van der Waals surface area contributed by atoms with E-state index in [0.29, 0.717) is 16.7 Å². The van der Waals surface area contributed by atoms with Crippen molar-refractivity contribution < 1.29 is 9.53 Å². The van der Waals surface area contributed by atoms with E-state index >= 15 is 0 Å². The first-order valence-corrected chi connectivity index (χ1v) is 8.28. The van der Waals surface area contributed by atoms with Gasteiger partial charge in [-0.25, -0.2) is 0 Å². The highest BCUT2D eigenvalue weighted by Crippen LogP contribution is 2.27. The summed E-state index contributed by atoms with van der Waals surface area (Å²) >= 11 is 6.47. The smallest absolute Gasteiger partial charge is 0.259 e. The molecule has 0 N–H and O–H groups in total. The van der Waals surface area contributed by atoms with Gasteiger partial charge in [0.25, 0.3) is 5.91 Å². The number of benzene rings is 2. The lowest BCUT2D eigenvalue weighted by molar-refractivity contribution is -0.123. The minimum Gasteiger partial charge on any atom is -0.493 e. The van der Waals surface area contributed by atoms with E-state index in [0.717, 1.165) is 22.1 Å². The summed E-state index contributed by atoms with van der Waals surface area (Å²) in [6, 6.07) is 11.9. The monoisotopic (exact) mass is 330 g/mol. The number of carbonyl (C=O) groups excluding carboxylic acids is 1. The highest BCUT2D eigenvalue weighted by Gasteiger charge is 2.26. The van der Waals surface area contributed by atoms with E-state index in [9.17, 15) is 4.79 Å². The number of thioether (sulfide) groups is 1. The average Bonchev–Trinajstić information content (AvgIpc) is 2.85. The standard InChI is InChI=1S/C16H14N2O2S2/c1-2-20-14-8-7-11-5-3-4-6-12(11)13(14)9-17-18-15(19)10-22-16(18)21/h3-9H,2,10H2,1H3/b17-9+. The second-order valence-electron chi connectivity index (χ2n) is 4.64. The molecule has 6 heteroatoms. The highest BCUT2D eigenvalue weighted by atomic mass is 32.2. The first-order valence-electron chi connectivity index (χ1n) is 6.89. The fourth-order valence-electron chi connectivity index (χ4n) is 2.26. The van der Waals surface area contributed by atoms with Crippen LogP contribution in [0.1, 0.15) is 12.5 Å². The van der Waals surface area contributed by atoms with Gasteiger partial charge in [0.05, 0.1) is 18.6 Å². The van der Waals surface area contributed by atoms with Crippen LogP contribution in [0.5, 0.6) is 5.75 Å². The fourth-order valence-corrected chi connectivity index (χ4v) is 3.23. The highest BCUT2D eigenvalue weighted by molar-refractivity contribution is 8.23. The molecule has 22 heavy (non-hydrogen) atoms. The van der Waals surface area contributed by atoms with E-state index in [4.69, 9.17) is 17.0 Å². The van der Waals surface area contributed by atoms with Crippen molar-refractivity contribution in [3.63, 3.8) is 0 Å². The summed E-state index contributed by atoms with van der Waals surface area (Å²) < 4.78 is 6.17. The maximum atomic E-state index is 11.8. The third kappa shape index (κ3) is 2.84. The molecule has 0 bridgehead atoms. The molecule has 2 aromatic rings. The van der Waals surface area contributed by atoms with Crippen molar-refractivity contribution in [2.75, 3.05) is 12.4 Å². The summed E-state index contributed by atoms with van der Waals surface area (Å²) in [6.45, 7) is 2.50. The van der Waals surface area contributed by atoms with Gasteiger partial charge in [-0.1, -0.05) is 54.3 Å². The summed E-state index contributed by atoms with van der Waals surface area (Å²) in [6.07, 6.45) is 1.66. The Hall–Kier alpha value is -1.92. The summed E-state index contributed by atoms with van der Waals surface area (Å²) in [7, 11) is 0. The molecule has 1 aliphatic heterocycles. The number of nitrogens with zero attached hydrogens (tertiary/aromatic N) is 2. The predicted octanol–water partition coefficient (Wildman–Crippen LogP) is 3.43. The molecule has 1 heterocycles. The second kappa shape index (κ2) is 6.46. The Labute approximate surface area is 138 Å². The van der Waals surface area contributed by atoms with E-state index in [-0.39, 0.29) is 5.91 Å². The van der Waals surface area contributed by atoms with Crippen LogP contribution in [0.4, 0.5) is 0 Å². The second-order valence-corrected chi connectivity index (χ2v) is 6.25. The molecule has 0 aromatic heterocycles. The fraction of sp³-hybridized carbons (Fsp3) is 0.188. The summed E-state index contributed by atoms with van der Waals surface area (Å²) in [4.78, 5) is 11.8. The molecule has 0 saturated carbocycles. The van der Waals surface area contributed by atoms with Crippen LogP contribution in [0, 0.1) is 0 Å². The molecule has 1 aliphatic rings. The molecule has 0 spiro atoms. The number of carbonyl (C=O) groups is 1.